The van der Waals surface area contributed by atoms with E-state index in [-0.39, 0.29) is 0 Å². The zero-order valence-corrected chi connectivity index (χ0v) is 13.6. The number of para-hydroxylation sites is 2. The van der Waals surface area contributed by atoms with Crippen LogP contribution in [0.3, 0.4) is 0 Å². The highest BCUT2D eigenvalue weighted by Gasteiger charge is 2.12. The van der Waals surface area contributed by atoms with Gasteiger partial charge in [0.1, 0.15) is 17.1 Å². The molecule has 0 aliphatic heterocycles. The molecule has 7 heteroatoms. The summed E-state index contributed by atoms with van der Waals surface area (Å²) < 4.78 is 11.3. The van der Waals surface area contributed by atoms with Crippen LogP contribution in [-0.2, 0) is 6.42 Å². The number of amidine groups is 1. The maximum atomic E-state index is 5.87. The minimum Gasteiger partial charge on any atom is -0.496 e. The van der Waals surface area contributed by atoms with E-state index in [2.05, 4.69) is 10.1 Å². The summed E-state index contributed by atoms with van der Waals surface area (Å²) in [4.78, 5) is 4.49. The number of oxazole rings is 1. The van der Waals surface area contributed by atoms with Crippen LogP contribution in [0.4, 0.5) is 0 Å². The molecule has 0 spiro atoms. The highest BCUT2D eigenvalue weighted by Crippen LogP contribution is 2.29. The number of nitrogens with zero attached hydrogens (tertiary/aromatic N) is 3. The van der Waals surface area contributed by atoms with Gasteiger partial charge in [0.2, 0.25) is 5.89 Å². The van der Waals surface area contributed by atoms with Crippen LogP contribution in [0, 0.1) is 0 Å². The number of aromatic nitrogens is 1. The predicted molar refractivity (Wildman–Crippen MR) is 93.3 cm³/mol. The summed E-state index contributed by atoms with van der Waals surface area (Å²) in [6.07, 6.45) is 0.429. The molecule has 0 unspecified atom stereocenters. The number of hydrazine groups is 1. The van der Waals surface area contributed by atoms with Gasteiger partial charge in [-0.05, 0) is 24.3 Å². The first kappa shape index (κ1) is 15.8. The number of hydrogen-bond donors (Lipinski definition) is 2. The molecule has 1 heterocycles. The molecule has 0 amide bonds. The molecule has 0 atom stereocenters. The van der Waals surface area contributed by atoms with Crippen LogP contribution >= 0.6 is 0 Å². The van der Waals surface area contributed by atoms with Gasteiger partial charge in [-0.2, -0.15) is 0 Å². The Hall–Kier alpha value is -3.06. The fourth-order valence-corrected chi connectivity index (χ4v) is 2.45. The van der Waals surface area contributed by atoms with Gasteiger partial charge in [-0.1, -0.05) is 18.2 Å². The highest BCUT2D eigenvalue weighted by molar-refractivity contribution is 5.83. The summed E-state index contributed by atoms with van der Waals surface area (Å²) in [5.74, 6) is 7.10. The molecule has 24 heavy (non-hydrogen) atoms. The fraction of sp³-hybridized carbons (Fsp3) is 0.176. The second-order valence-corrected chi connectivity index (χ2v) is 5.36. The van der Waals surface area contributed by atoms with Crippen LogP contribution in [-0.4, -0.2) is 30.1 Å². The van der Waals surface area contributed by atoms with Crippen LogP contribution in [0.5, 0.6) is 5.75 Å². The molecule has 0 radical (unpaired) electrons. The van der Waals surface area contributed by atoms with Crippen molar-refractivity contribution in [3.8, 4) is 17.2 Å². The maximum Gasteiger partial charge on any atom is 0.227 e. The summed E-state index contributed by atoms with van der Waals surface area (Å²) in [6.45, 7) is 0. The van der Waals surface area contributed by atoms with Crippen molar-refractivity contribution in [2.24, 2.45) is 16.7 Å². The van der Waals surface area contributed by atoms with Crippen molar-refractivity contribution in [2.75, 3.05) is 14.2 Å². The molecule has 124 valence electrons. The molecule has 1 aromatic heterocycles. The van der Waals surface area contributed by atoms with Gasteiger partial charge < -0.3 is 14.9 Å². The third kappa shape index (κ3) is 3.31. The van der Waals surface area contributed by atoms with E-state index in [1.807, 2.05) is 42.5 Å². The van der Waals surface area contributed by atoms with Crippen LogP contribution in [0.15, 0.2) is 52.0 Å². The minimum absolute atomic E-state index is 0.396. The lowest BCUT2D eigenvalue weighted by Crippen LogP contribution is -2.26. The molecule has 7 nitrogen and oxygen atoms in total. The van der Waals surface area contributed by atoms with Gasteiger partial charge in [0.25, 0.3) is 0 Å². The van der Waals surface area contributed by atoms with E-state index in [1.54, 1.807) is 14.2 Å². The van der Waals surface area contributed by atoms with Crippen molar-refractivity contribution < 1.29 is 9.15 Å². The van der Waals surface area contributed by atoms with E-state index in [1.165, 1.54) is 5.12 Å². The molecule has 2 aromatic carbocycles. The molecular weight excluding hydrogens is 306 g/mol. The van der Waals surface area contributed by atoms with E-state index >= 15 is 0 Å². The Balaban J connectivity index is 1.94. The fourth-order valence-electron chi connectivity index (χ4n) is 2.45. The molecule has 3 rings (SSSR count). The molecule has 0 fully saturated rings. The lowest BCUT2D eigenvalue weighted by atomic mass is 10.1. The molecule has 4 N–H and O–H groups in total. The second kappa shape index (κ2) is 6.59. The Morgan fingerprint density at radius 2 is 2.08 bits per heavy atom. The molecule has 0 saturated carbocycles. The van der Waals surface area contributed by atoms with Crippen LogP contribution in [0.1, 0.15) is 5.56 Å². The summed E-state index contributed by atoms with van der Waals surface area (Å²) in [5.41, 5.74) is 9.17. The van der Waals surface area contributed by atoms with E-state index in [4.69, 9.17) is 20.7 Å². The topological polar surface area (TPSA) is 103 Å². The molecule has 0 aliphatic rings. The monoisotopic (exact) mass is 325 g/mol. The number of fused-ring (bicyclic) bond motifs is 1. The quantitative estimate of drug-likeness (QED) is 0.322. The van der Waals surface area contributed by atoms with Gasteiger partial charge in [0, 0.05) is 24.6 Å². The standard InChI is InChI=1S/C17H19N5O2/c1-22(19)21-16(18)10-11-7-8-12(9-15(11)23-2)17-20-13-5-3-4-6-14(13)24-17/h3-9H,10,19H2,1-2H3,(H2,18,21). The minimum atomic E-state index is 0.396. The average Bonchev–Trinajstić information content (AvgIpc) is 2.98. The van der Waals surface area contributed by atoms with Crippen molar-refractivity contribution in [3.63, 3.8) is 0 Å². The van der Waals surface area contributed by atoms with Gasteiger partial charge in [0.05, 0.1) is 7.11 Å². The Morgan fingerprint density at radius 1 is 1.29 bits per heavy atom. The Labute approximate surface area is 139 Å². The largest absolute Gasteiger partial charge is 0.496 e. The van der Waals surface area contributed by atoms with E-state index in [9.17, 15) is 0 Å². The van der Waals surface area contributed by atoms with Crippen molar-refractivity contribution in [2.45, 2.75) is 6.42 Å². The molecule has 0 bridgehead atoms. The highest BCUT2D eigenvalue weighted by atomic mass is 16.5. The number of hydrazone groups is 1. The zero-order valence-electron chi connectivity index (χ0n) is 13.6. The Morgan fingerprint density at radius 3 is 2.79 bits per heavy atom. The van der Waals surface area contributed by atoms with Crippen molar-refractivity contribution in [1.82, 2.24) is 10.1 Å². The van der Waals surface area contributed by atoms with Gasteiger partial charge in [-0.25, -0.2) is 15.9 Å². The second-order valence-electron chi connectivity index (χ2n) is 5.36. The summed E-state index contributed by atoms with van der Waals surface area (Å²) in [7, 11) is 3.22. The van der Waals surface area contributed by atoms with E-state index < -0.39 is 0 Å². The SMILES string of the molecule is COc1cc(-c2nc3ccccc3o2)ccc1C/C(N)=N/N(C)N. The average molecular weight is 325 g/mol. The van der Waals surface area contributed by atoms with Crippen LogP contribution in [0.25, 0.3) is 22.6 Å². The number of ether oxygens (including phenoxy) is 1. The van der Waals surface area contributed by atoms with Crippen LogP contribution in [0.2, 0.25) is 0 Å². The maximum absolute atomic E-state index is 5.87. The van der Waals surface area contributed by atoms with Gasteiger partial charge in [0.15, 0.2) is 5.58 Å². The van der Waals surface area contributed by atoms with Gasteiger partial charge in [-0.3, -0.25) is 0 Å². The molecule has 3 aromatic rings. The predicted octanol–water partition coefficient (Wildman–Crippen LogP) is 2.12. The Bertz CT molecular complexity index is 853. The lowest BCUT2D eigenvalue weighted by molar-refractivity contribution is 0.370. The van der Waals surface area contributed by atoms with Gasteiger partial charge >= 0.3 is 0 Å². The van der Waals surface area contributed by atoms with E-state index in [0.717, 1.165) is 22.2 Å². The number of benzene rings is 2. The van der Waals surface area contributed by atoms with Crippen molar-refractivity contribution >= 4 is 16.9 Å². The normalized spacial score (nSPS) is 11.7. The number of rotatable bonds is 5. The zero-order chi connectivity index (χ0) is 17.1. The third-order valence-electron chi connectivity index (χ3n) is 3.49. The third-order valence-corrected chi connectivity index (χ3v) is 3.49. The number of nitrogens with two attached hydrogens (primary N) is 2. The summed E-state index contributed by atoms with van der Waals surface area (Å²) >= 11 is 0. The number of hydrogen-bond acceptors (Lipinski definition) is 6. The molecular formula is C17H19N5O2. The van der Waals surface area contributed by atoms with Crippen molar-refractivity contribution in [1.29, 1.82) is 0 Å². The van der Waals surface area contributed by atoms with Crippen molar-refractivity contribution in [3.05, 3.63) is 48.0 Å². The number of methoxy groups -OCH3 is 1. The molecule has 0 saturated heterocycles. The molecule has 0 aliphatic carbocycles. The van der Waals surface area contributed by atoms with Crippen LogP contribution < -0.4 is 16.3 Å². The van der Waals surface area contributed by atoms with Gasteiger partial charge in [-0.15, -0.1) is 5.10 Å². The summed E-state index contributed by atoms with van der Waals surface area (Å²) in [6, 6.07) is 13.3. The smallest absolute Gasteiger partial charge is 0.227 e. The van der Waals surface area contributed by atoms with E-state index in [0.29, 0.717) is 23.9 Å². The Kier molecular flexibility index (Phi) is 4.35. The lowest BCUT2D eigenvalue weighted by Gasteiger charge is -2.11. The first-order chi connectivity index (χ1) is 11.6. The summed E-state index contributed by atoms with van der Waals surface area (Å²) in [5, 5.41) is 5.15. The first-order valence-electron chi connectivity index (χ1n) is 7.41. The first-order valence-corrected chi connectivity index (χ1v) is 7.41.